The molecule has 1 heterocycles. The minimum atomic E-state index is -0.356. The third-order valence-electron chi connectivity index (χ3n) is 4.63. The van der Waals surface area contributed by atoms with Crippen LogP contribution in [-0.4, -0.2) is 17.4 Å². The number of hydrogen-bond donors (Lipinski definition) is 1. The summed E-state index contributed by atoms with van der Waals surface area (Å²) in [6, 6.07) is 15.4. The molecule has 0 bridgehead atoms. The number of anilines is 1. The lowest BCUT2D eigenvalue weighted by atomic mass is 10.0. The molecule has 1 aliphatic rings. The van der Waals surface area contributed by atoms with E-state index in [1.54, 1.807) is 48.5 Å². The molecule has 0 atom stereocenters. The van der Waals surface area contributed by atoms with Gasteiger partial charge in [-0.3, -0.25) is 9.59 Å². The Balaban J connectivity index is 1.87. The van der Waals surface area contributed by atoms with Crippen LogP contribution in [0.2, 0.25) is 10.0 Å². The molecule has 4 nitrogen and oxygen atoms in total. The van der Waals surface area contributed by atoms with Crippen molar-refractivity contribution in [3.05, 3.63) is 91.4 Å². The second-order valence-corrected chi connectivity index (χ2v) is 8.16. The first-order chi connectivity index (χ1) is 13.9. The number of nitrogens with zero attached hydrogens (tertiary/aromatic N) is 1. The predicted octanol–water partition coefficient (Wildman–Crippen LogP) is 6.37. The Kier molecular flexibility index (Phi) is 5.30. The molecule has 29 heavy (non-hydrogen) atoms. The van der Waals surface area contributed by atoms with Gasteiger partial charge in [0.15, 0.2) is 5.78 Å². The number of benzene rings is 3. The molecule has 1 N–H and O–H groups in total. The van der Waals surface area contributed by atoms with E-state index in [-0.39, 0.29) is 17.4 Å². The van der Waals surface area contributed by atoms with Crippen molar-refractivity contribution in [1.29, 1.82) is 0 Å². The number of rotatable bonds is 3. The number of halogens is 3. The van der Waals surface area contributed by atoms with Gasteiger partial charge < -0.3 is 5.32 Å². The average Bonchev–Trinajstić information content (AvgIpc) is 3.03. The second kappa shape index (κ2) is 7.75. The monoisotopic (exact) mass is 486 g/mol. The predicted molar refractivity (Wildman–Crippen MR) is 120 cm³/mol. The minimum absolute atomic E-state index is 0.213. The number of ketones is 1. The van der Waals surface area contributed by atoms with Crippen LogP contribution in [0, 0.1) is 6.92 Å². The van der Waals surface area contributed by atoms with Gasteiger partial charge in [0, 0.05) is 26.2 Å². The fraction of sp³-hybridized carbons (Fsp3) is 0.0455. The van der Waals surface area contributed by atoms with Gasteiger partial charge in [-0.15, -0.1) is 0 Å². The van der Waals surface area contributed by atoms with Gasteiger partial charge in [0.2, 0.25) is 0 Å². The molecule has 0 radical (unpaired) electrons. The lowest BCUT2D eigenvalue weighted by Gasteiger charge is -2.08. The summed E-state index contributed by atoms with van der Waals surface area (Å²) >= 11 is 15.8. The summed E-state index contributed by atoms with van der Waals surface area (Å²) in [6.45, 7) is 1.82. The van der Waals surface area contributed by atoms with Crippen molar-refractivity contribution in [2.45, 2.75) is 6.92 Å². The summed E-state index contributed by atoms with van der Waals surface area (Å²) in [5, 5.41) is 3.75. The van der Waals surface area contributed by atoms with Crippen LogP contribution in [0.1, 0.15) is 27.0 Å². The summed E-state index contributed by atoms with van der Waals surface area (Å²) in [7, 11) is 0. The number of carbonyl (C=O) groups is 2. The molecule has 3 aromatic carbocycles. The highest BCUT2D eigenvalue weighted by molar-refractivity contribution is 9.10. The number of carbonyl (C=O) groups excluding carboxylic acids is 2. The largest absolute Gasteiger partial charge is 0.320 e. The van der Waals surface area contributed by atoms with Gasteiger partial charge >= 0.3 is 0 Å². The quantitative estimate of drug-likeness (QED) is 0.436. The van der Waals surface area contributed by atoms with Crippen LogP contribution in [0.15, 0.2) is 64.1 Å². The zero-order chi connectivity index (χ0) is 20.7. The van der Waals surface area contributed by atoms with Crippen LogP contribution in [0.3, 0.4) is 0 Å². The van der Waals surface area contributed by atoms with E-state index in [9.17, 15) is 9.59 Å². The Labute approximate surface area is 185 Å². The van der Waals surface area contributed by atoms with Gasteiger partial charge in [-0.2, -0.15) is 0 Å². The molecule has 0 saturated heterocycles. The maximum atomic E-state index is 13.0. The highest BCUT2D eigenvalue weighted by atomic mass is 79.9. The molecular weight excluding hydrogens is 475 g/mol. The summed E-state index contributed by atoms with van der Waals surface area (Å²) < 4.78 is 0.663. The Morgan fingerprint density at radius 1 is 1.07 bits per heavy atom. The summed E-state index contributed by atoms with van der Waals surface area (Å²) in [6.07, 6.45) is 0. The van der Waals surface area contributed by atoms with Gasteiger partial charge in [0.1, 0.15) is 5.71 Å². The Bertz CT molecular complexity index is 1210. The number of amides is 1. The van der Waals surface area contributed by atoms with E-state index in [0.29, 0.717) is 42.6 Å². The zero-order valence-electron chi connectivity index (χ0n) is 15.1. The molecule has 0 unspecified atom stereocenters. The first-order valence-electron chi connectivity index (χ1n) is 8.65. The van der Waals surface area contributed by atoms with Crippen molar-refractivity contribution >= 4 is 67.9 Å². The molecule has 0 spiro atoms. The third kappa shape index (κ3) is 3.62. The molecule has 0 aliphatic carbocycles. The zero-order valence-corrected chi connectivity index (χ0v) is 18.2. The van der Waals surface area contributed by atoms with E-state index in [4.69, 9.17) is 23.2 Å². The van der Waals surface area contributed by atoms with Crippen molar-refractivity contribution in [3.63, 3.8) is 0 Å². The number of hydrogen-bond acceptors (Lipinski definition) is 3. The second-order valence-electron chi connectivity index (χ2n) is 6.49. The smallest absolute Gasteiger partial charge is 0.275 e. The maximum absolute atomic E-state index is 13.0. The maximum Gasteiger partial charge on any atom is 0.275 e. The van der Waals surface area contributed by atoms with Gasteiger partial charge in [0.25, 0.3) is 5.91 Å². The highest BCUT2D eigenvalue weighted by Crippen LogP contribution is 2.38. The van der Waals surface area contributed by atoms with Crippen LogP contribution in [0.4, 0.5) is 11.4 Å². The summed E-state index contributed by atoms with van der Waals surface area (Å²) in [4.78, 5) is 30.2. The van der Waals surface area contributed by atoms with Crippen molar-refractivity contribution in [2.75, 3.05) is 5.32 Å². The normalized spacial score (nSPS) is 14.1. The number of fused-ring (bicyclic) bond motifs is 1. The number of nitrogens with one attached hydrogen (secondary N) is 1. The fourth-order valence-electron chi connectivity index (χ4n) is 3.16. The minimum Gasteiger partial charge on any atom is -0.320 e. The molecule has 0 saturated carbocycles. The number of aliphatic imine (C=N–C) groups is 1. The molecule has 0 aromatic heterocycles. The van der Waals surface area contributed by atoms with E-state index in [1.807, 2.05) is 13.0 Å². The molecule has 3 aromatic rings. The molecule has 0 fully saturated rings. The molecule has 1 amide bonds. The van der Waals surface area contributed by atoms with E-state index < -0.39 is 0 Å². The Hall–Kier alpha value is -2.47. The topological polar surface area (TPSA) is 58.5 Å². The van der Waals surface area contributed by atoms with E-state index in [2.05, 4.69) is 26.2 Å². The van der Waals surface area contributed by atoms with Gasteiger partial charge in [-0.1, -0.05) is 53.5 Å². The van der Waals surface area contributed by atoms with Gasteiger partial charge in [-0.05, 0) is 52.7 Å². The van der Waals surface area contributed by atoms with Gasteiger partial charge in [0.05, 0.1) is 16.4 Å². The fourth-order valence-corrected chi connectivity index (χ4v) is 4.01. The first kappa shape index (κ1) is 19.8. The van der Waals surface area contributed by atoms with Crippen molar-refractivity contribution < 1.29 is 9.59 Å². The summed E-state index contributed by atoms with van der Waals surface area (Å²) in [5.41, 5.74) is 3.39. The first-order valence-corrected chi connectivity index (χ1v) is 10.2. The van der Waals surface area contributed by atoms with E-state index in [0.717, 1.165) is 5.56 Å². The van der Waals surface area contributed by atoms with Crippen LogP contribution < -0.4 is 5.32 Å². The lowest BCUT2D eigenvalue weighted by Crippen LogP contribution is -2.14. The molecule has 7 heteroatoms. The van der Waals surface area contributed by atoms with Crippen molar-refractivity contribution in [3.8, 4) is 0 Å². The highest BCUT2D eigenvalue weighted by Gasteiger charge is 2.30. The Morgan fingerprint density at radius 2 is 1.79 bits per heavy atom. The lowest BCUT2D eigenvalue weighted by molar-refractivity contribution is -0.110. The van der Waals surface area contributed by atoms with Crippen LogP contribution in [0.25, 0.3) is 0 Å². The van der Waals surface area contributed by atoms with Crippen molar-refractivity contribution in [2.24, 2.45) is 4.99 Å². The van der Waals surface area contributed by atoms with E-state index >= 15 is 0 Å². The molecule has 1 aliphatic heterocycles. The van der Waals surface area contributed by atoms with E-state index in [1.165, 1.54) is 0 Å². The molecule has 4 rings (SSSR count). The molecular formula is C22H13BrCl2N2O2. The Morgan fingerprint density at radius 3 is 2.52 bits per heavy atom. The summed E-state index contributed by atoms with van der Waals surface area (Å²) in [5.74, 6) is -0.579. The average molecular weight is 488 g/mol. The standard InChI is InChI=1S/C22H13BrCl2N2O2/c1-11-18(25)16(23)10-15-19(11)27-22(29)20(15)26-17-8-7-13(24)9-14(17)21(28)12-5-3-2-4-6-12/h2-10H,1H3,(H,26,27,29). The van der Waals surface area contributed by atoms with Crippen molar-refractivity contribution in [1.82, 2.24) is 0 Å². The molecule has 144 valence electrons. The van der Waals surface area contributed by atoms with Gasteiger partial charge in [-0.25, -0.2) is 4.99 Å². The van der Waals surface area contributed by atoms with Crippen LogP contribution in [-0.2, 0) is 4.79 Å². The third-order valence-corrected chi connectivity index (χ3v) is 6.21. The SMILES string of the molecule is Cc1c(Cl)c(Br)cc2c1NC(=O)C2=Nc1ccc(Cl)cc1C(=O)c1ccccc1. The van der Waals surface area contributed by atoms with Crippen LogP contribution >= 0.6 is 39.1 Å². The van der Waals surface area contributed by atoms with Crippen LogP contribution in [0.5, 0.6) is 0 Å².